The number of fused-ring (bicyclic) bond motifs is 1. The molecule has 1 aromatic carbocycles. The lowest BCUT2D eigenvalue weighted by atomic mass is 9.98. The minimum atomic E-state index is -0.275. The molecule has 2 atom stereocenters. The van der Waals surface area contributed by atoms with Crippen LogP contribution in [0.15, 0.2) is 12.1 Å². The fourth-order valence-electron chi connectivity index (χ4n) is 3.68. The quantitative estimate of drug-likeness (QED) is 0.685. The number of nitrogens with one attached hydrogen (secondary N) is 1. The van der Waals surface area contributed by atoms with Gasteiger partial charge in [0.25, 0.3) is 5.69 Å². The molecule has 5 nitrogen and oxygen atoms in total. The molecule has 1 aromatic rings. The van der Waals surface area contributed by atoms with E-state index >= 15 is 0 Å². The molecular formula is C16H23N3O2. The topological polar surface area (TPSA) is 58.4 Å². The number of nitrogens with zero attached hydrogens (tertiary/aromatic N) is 2. The van der Waals surface area contributed by atoms with Crippen molar-refractivity contribution in [3.63, 3.8) is 0 Å². The number of benzene rings is 1. The van der Waals surface area contributed by atoms with Gasteiger partial charge >= 0.3 is 0 Å². The molecule has 2 aliphatic heterocycles. The normalized spacial score (nSPS) is 25.6. The van der Waals surface area contributed by atoms with Gasteiger partial charge in [-0.2, -0.15) is 0 Å². The Bertz CT molecular complexity index is 559. The predicted molar refractivity (Wildman–Crippen MR) is 83.8 cm³/mol. The second kappa shape index (κ2) is 5.64. The van der Waals surface area contributed by atoms with Gasteiger partial charge in [-0.1, -0.05) is 6.42 Å². The molecular weight excluding hydrogens is 266 g/mol. The second-order valence-electron chi connectivity index (χ2n) is 6.35. The first-order valence-electron chi connectivity index (χ1n) is 7.82. The van der Waals surface area contributed by atoms with Crippen molar-refractivity contribution in [3.8, 4) is 0 Å². The SMILES string of the molecule is Cc1cc(NC2CCN3CCCCC23)c([N+](=O)[O-])cc1C. The molecule has 0 spiro atoms. The van der Waals surface area contributed by atoms with E-state index in [1.165, 1.54) is 25.8 Å². The number of piperidine rings is 1. The molecule has 0 radical (unpaired) electrons. The van der Waals surface area contributed by atoms with Crippen LogP contribution in [-0.2, 0) is 0 Å². The zero-order chi connectivity index (χ0) is 15.0. The molecule has 0 saturated carbocycles. The Balaban J connectivity index is 1.84. The third-order valence-corrected chi connectivity index (χ3v) is 5.01. The van der Waals surface area contributed by atoms with Crippen LogP contribution >= 0.6 is 0 Å². The summed E-state index contributed by atoms with van der Waals surface area (Å²) in [5, 5.41) is 14.8. The average Bonchev–Trinajstić information content (AvgIpc) is 2.86. The molecule has 1 N–H and O–H groups in total. The standard InChI is InChI=1S/C16H23N3O2/c1-11-9-14(16(19(20)21)10-12(11)2)17-13-6-8-18-7-4-3-5-15(13)18/h9-10,13,15,17H,3-8H2,1-2H3. The second-order valence-corrected chi connectivity index (χ2v) is 6.35. The molecule has 2 unspecified atom stereocenters. The maximum atomic E-state index is 11.3. The van der Waals surface area contributed by atoms with Gasteiger partial charge in [-0.05, 0) is 56.8 Å². The Morgan fingerprint density at radius 2 is 1.95 bits per heavy atom. The van der Waals surface area contributed by atoms with Gasteiger partial charge in [0.1, 0.15) is 5.69 Å². The molecule has 21 heavy (non-hydrogen) atoms. The van der Waals surface area contributed by atoms with Crippen LogP contribution in [0.3, 0.4) is 0 Å². The molecule has 0 aliphatic carbocycles. The van der Waals surface area contributed by atoms with Crippen molar-refractivity contribution in [1.29, 1.82) is 0 Å². The monoisotopic (exact) mass is 289 g/mol. The van der Waals surface area contributed by atoms with Crippen LogP contribution in [0.2, 0.25) is 0 Å². The maximum absolute atomic E-state index is 11.3. The van der Waals surface area contributed by atoms with Crippen molar-refractivity contribution in [2.75, 3.05) is 18.4 Å². The largest absolute Gasteiger partial charge is 0.375 e. The number of rotatable bonds is 3. The van der Waals surface area contributed by atoms with Crippen LogP contribution in [0.4, 0.5) is 11.4 Å². The van der Waals surface area contributed by atoms with Crippen LogP contribution in [0, 0.1) is 24.0 Å². The van der Waals surface area contributed by atoms with E-state index in [0.29, 0.717) is 17.8 Å². The first-order chi connectivity index (χ1) is 10.1. The fraction of sp³-hybridized carbons (Fsp3) is 0.625. The Kier molecular flexibility index (Phi) is 3.85. The molecule has 0 bridgehead atoms. The van der Waals surface area contributed by atoms with E-state index in [1.807, 2.05) is 19.9 Å². The van der Waals surface area contributed by atoms with Gasteiger partial charge in [-0.25, -0.2) is 0 Å². The van der Waals surface area contributed by atoms with Gasteiger partial charge in [0.05, 0.1) is 4.92 Å². The summed E-state index contributed by atoms with van der Waals surface area (Å²) in [6.45, 7) is 6.22. The van der Waals surface area contributed by atoms with Crippen LogP contribution in [0.25, 0.3) is 0 Å². The lowest BCUT2D eigenvalue weighted by molar-refractivity contribution is -0.384. The Hall–Kier alpha value is -1.62. The van der Waals surface area contributed by atoms with Gasteiger partial charge in [-0.15, -0.1) is 0 Å². The zero-order valence-electron chi connectivity index (χ0n) is 12.8. The highest BCUT2D eigenvalue weighted by atomic mass is 16.6. The van der Waals surface area contributed by atoms with E-state index in [-0.39, 0.29) is 10.6 Å². The Morgan fingerprint density at radius 1 is 1.19 bits per heavy atom. The molecule has 3 rings (SSSR count). The lowest BCUT2D eigenvalue weighted by Crippen LogP contribution is -2.41. The Labute approximate surface area is 125 Å². The van der Waals surface area contributed by atoms with Gasteiger partial charge < -0.3 is 5.32 Å². The number of aryl methyl sites for hydroxylation is 2. The van der Waals surface area contributed by atoms with Gasteiger partial charge in [0.15, 0.2) is 0 Å². The highest BCUT2D eigenvalue weighted by Crippen LogP contribution is 2.33. The molecule has 2 aliphatic rings. The maximum Gasteiger partial charge on any atom is 0.292 e. The summed E-state index contributed by atoms with van der Waals surface area (Å²) in [7, 11) is 0. The minimum absolute atomic E-state index is 0.201. The fourth-order valence-corrected chi connectivity index (χ4v) is 3.68. The smallest absolute Gasteiger partial charge is 0.292 e. The van der Waals surface area contributed by atoms with Crippen LogP contribution in [0.1, 0.15) is 36.8 Å². The summed E-state index contributed by atoms with van der Waals surface area (Å²) >= 11 is 0. The lowest BCUT2D eigenvalue weighted by Gasteiger charge is -2.32. The van der Waals surface area contributed by atoms with Crippen LogP contribution < -0.4 is 5.32 Å². The molecule has 2 heterocycles. The summed E-state index contributed by atoms with van der Waals surface area (Å²) in [6, 6.07) is 4.50. The zero-order valence-corrected chi connectivity index (χ0v) is 12.8. The van der Waals surface area contributed by atoms with E-state index < -0.39 is 0 Å². The number of hydrogen-bond donors (Lipinski definition) is 1. The van der Waals surface area contributed by atoms with Gasteiger partial charge in [-0.3, -0.25) is 15.0 Å². The van der Waals surface area contributed by atoms with Crippen molar-refractivity contribution in [3.05, 3.63) is 33.4 Å². The molecule has 0 aromatic heterocycles. The molecule has 114 valence electrons. The minimum Gasteiger partial charge on any atom is -0.375 e. The van der Waals surface area contributed by atoms with Crippen molar-refractivity contribution in [2.45, 2.75) is 51.6 Å². The van der Waals surface area contributed by atoms with Crippen LogP contribution in [0.5, 0.6) is 0 Å². The summed E-state index contributed by atoms with van der Waals surface area (Å²) in [4.78, 5) is 13.6. The highest BCUT2D eigenvalue weighted by molar-refractivity contribution is 5.65. The molecule has 2 saturated heterocycles. The van der Waals surface area contributed by atoms with Crippen molar-refractivity contribution in [1.82, 2.24) is 4.90 Å². The number of nitro benzene ring substituents is 1. The van der Waals surface area contributed by atoms with Crippen molar-refractivity contribution >= 4 is 11.4 Å². The first kappa shape index (κ1) is 14.3. The molecule has 5 heteroatoms. The number of nitro groups is 1. The van der Waals surface area contributed by atoms with Crippen LogP contribution in [-0.4, -0.2) is 35.0 Å². The predicted octanol–water partition coefficient (Wildman–Crippen LogP) is 3.25. The third kappa shape index (κ3) is 2.75. The van der Waals surface area contributed by atoms with Crippen molar-refractivity contribution in [2.24, 2.45) is 0 Å². The summed E-state index contributed by atoms with van der Waals surface area (Å²) in [5.41, 5.74) is 2.95. The third-order valence-electron chi connectivity index (χ3n) is 5.01. The van der Waals surface area contributed by atoms with Crippen molar-refractivity contribution < 1.29 is 4.92 Å². The average molecular weight is 289 g/mol. The Morgan fingerprint density at radius 3 is 2.71 bits per heavy atom. The first-order valence-corrected chi connectivity index (χ1v) is 7.82. The molecule has 0 amide bonds. The van der Waals surface area contributed by atoms with Gasteiger partial charge in [0, 0.05) is 24.7 Å². The van der Waals surface area contributed by atoms with E-state index in [4.69, 9.17) is 0 Å². The van der Waals surface area contributed by atoms with E-state index in [1.54, 1.807) is 6.07 Å². The van der Waals surface area contributed by atoms with E-state index in [0.717, 1.165) is 24.1 Å². The summed E-state index contributed by atoms with van der Waals surface area (Å²) < 4.78 is 0. The number of hydrogen-bond acceptors (Lipinski definition) is 4. The summed E-state index contributed by atoms with van der Waals surface area (Å²) in [5.74, 6) is 0. The highest BCUT2D eigenvalue weighted by Gasteiger charge is 2.36. The van der Waals surface area contributed by atoms with E-state index in [2.05, 4.69) is 10.2 Å². The van der Waals surface area contributed by atoms with E-state index in [9.17, 15) is 10.1 Å². The molecule has 2 fully saturated rings. The van der Waals surface area contributed by atoms with Gasteiger partial charge in [0.2, 0.25) is 0 Å². The number of anilines is 1. The summed E-state index contributed by atoms with van der Waals surface area (Å²) in [6.07, 6.45) is 4.84.